The summed E-state index contributed by atoms with van der Waals surface area (Å²) in [5.41, 5.74) is 0.244. The number of ether oxygens (including phenoxy) is 2. The van der Waals surface area contributed by atoms with Crippen LogP contribution >= 0.6 is 21.6 Å². The number of hydrogen-bond acceptors (Lipinski definition) is 4. The molecule has 0 saturated heterocycles. The molecule has 0 aromatic carbocycles. The van der Waals surface area contributed by atoms with Crippen LogP contribution in [0, 0.1) is 5.92 Å². The van der Waals surface area contributed by atoms with Crippen LogP contribution < -0.4 is 0 Å². The fraction of sp³-hybridized carbons (Fsp3) is 1.00. The van der Waals surface area contributed by atoms with Crippen molar-refractivity contribution in [3.05, 3.63) is 0 Å². The fourth-order valence-corrected chi connectivity index (χ4v) is 6.89. The van der Waals surface area contributed by atoms with Gasteiger partial charge in [0.25, 0.3) is 0 Å². The molecule has 0 heterocycles. The van der Waals surface area contributed by atoms with Gasteiger partial charge in [-0.25, -0.2) is 0 Å². The van der Waals surface area contributed by atoms with Gasteiger partial charge in [-0.2, -0.15) is 0 Å². The zero-order valence-corrected chi connectivity index (χ0v) is 19.5. The normalized spacial score (nSPS) is 14.7. The highest BCUT2D eigenvalue weighted by Crippen LogP contribution is 2.49. The van der Waals surface area contributed by atoms with Gasteiger partial charge in [-0.15, -0.1) is 0 Å². The molecule has 0 aromatic heterocycles. The second-order valence-corrected chi connectivity index (χ2v) is 16.9. The molecule has 0 spiro atoms. The summed E-state index contributed by atoms with van der Waals surface area (Å²) >= 11 is 0. The Morgan fingerprint density at radius 3 is 2.00 bits per heavy atom. The molecule has 0 aliphatic carbocycles. The second-order valence-electron chi connectivity index (χ2n) is 8.55. The summed E-state index contributed by atoms with van der Waals surface area (Å²) in [5.74, 6) is 2.02. The third-order valence-corrected chi connectivity index (χ3v) is 11.8. The van der Waals surface area contributed by atoms with Gasteiger partial charge in [0.2, 0.25) is 0 Å². The van der Waals surface area contributed by atoms with E-state index in [1.807, 2.05) is 21.6 Å². The lowest BCUT2D eigenvalue weighted by Crippen LogP contribution is -2.43. The van der Waals surface area contributed by atoms with Gasteiger partial charge in [0.05, 0.1) is 27.4 Å². The Kier molecular flexibility index (Phi) is 11.9. The molecule has 23 heavy (non-hydrogen) atoms. The maximum Gasteiger partial charge on any atom is 0.116 e. The third-order valence-electron chi connectivity index (χ3n) is 4.49. The van der Waals surface area contributed by atoms with Gasteiger partial charge in [0.1, 0.15) is 5.44 Å². The zero-order chi connectivity index (χ0) is 18.1. The fourth-order valence-electron chi connectivity index (χ4n) is 1.81. The van der Waals surface area contributed by atoms with E-state index in [1.54, 1.807) is 0 Å². The lowest BCUT2D eigenvalue weighted by molar-refractivity contribution is 0.00410. The molecule has 5 heteroatoms. The molecule has 0 rings (SSSR count). The van der Waals surface area contributed by atoms with E-state index in [1.165, 1.54) is 18.6 Å². The van der Waals surface area contributed by atoms with Gasteiger partial charge >= 0.3 is 0 Å². The molecule has 0 aliphatic heterocycles. The summed E-state index contributed by atoms with van der Waals surface area (Å²) in [6.07, 6.45) is 2.89. The molecular formula is C18H40O2S2Si. The molecule has 0 aromatic rings. The standard InChI is InChI=1S/C18H40O2S2Si/c1-15(2)11-10-14-21-22-17(18(5,6)23(7,8)9)20-13-12-19-16(3)4/h15-17H,10-14H2,1-9H3. The van der Waals surface area contributed by atoms with Crippen LogP contribution in [0.25, 0.3) is 0 Å². The van der Waals surface area contributed by atoms with Crippen LogP contribution in [0.4, 0.5) is 0 Å². The highest BCUT2D eigenvalue weighted by atomic mass is 33.1. The summed E-state index contributed by atoms with van der Waals surface area (Å²) in [7, 11) is 2.61. The van der Waals surface area contributed by atoms with E-state index in [-0.39, 0.29) is 16.6 Å². The molecule has 1 atom stereocenters. The maximum atomic E-state index is 6.26. The van der Waals surface area contributed by atoms with Crippen LogP contribution in [0.3, 0.4) is 0 Å². The van der Waals surface area contributed by atoms with Gasteiger partial charge in [0, 0.05) is 5.75 Å². The summed E-state index contributed by atoms with van der Waals surface area (Å²) in [6.45, 7) is 22.2. The summed E-state index contributed by atoms with van der Waals surface area (Å²) in [6, 6.07) is 0. The van der Waals surface area contributed by atoms with E-state index in [0.29, 0.717) is 13.2 Å². The van der Waals surface area contributed by atoms with E-state index < -0.39 is 8.07 Å². The van der Waals surface area contributed by atoms with Crippen molar-refractivity contribution >= 4 is 29.7 Å². The van der Waals surface area contributed by atoms with E-state index in [9.17, 15) is 0 Å². The van der Waals surface area contributed by atoms with Crippen molar-refractivity contribution in [2.75, 3.05) is 19.0 Å². The predicted molar refractivity (Wildman–Crippen MR) is 112 cm³/mol. The van der Waals surface area contributed by atoms with E-state index in [2.05, 4.69) is 61.2 Å². The first-order valence-corrected chi connectivity index (χ1v) is 14.9. The SMILES string of the molecule is CC(C)CCCSSC(OCCOC(C)C)C(C)(C)[Si](C)(C)C. The van der Waals surface area contributed by atoms with E-state index in [4.69, 9.17) is 9.47 Å². The third kappa shape index (κ3) is 10.4. The zero-order valence-electron chi connectivity index (χ0n) is 16.9. The highest BCUT2D eigenvalue weighted by Gasteiger charge is 2.42. The first kappa shape index (κ1) is 23.8. The quantitative estimate of drug-likeness (QED) is 0.153. The minimum absolute atomic E-state index is 0.237. The summed E-state index contributed by atoms with van der Waals surface area (Å²) in [5, 5.41) is 0.237. The smallest absolute Gasteiger partial charge is 0.116 e. The summed E-state index contributed by atoms with van der Waals surface area (Å²) in [4.78, 5) is 0. The van der Waals surface area contributed by atoms with Gasteiger partial charge in [-0.1, -0.05) is 75.3 Å². The van der Waals surface area contributed by atoms with Crippen molar-refractivity contribution in [2.24, 2.45) is 5.92 Å². The molecule has 0 aliphatic rings. The van der Waals surface area contributed by atoms with Crippen molar-refractivity contribution < 1.29 is 9.47 Å². The largest absolute Gasteiger partial charge is 0.376 e. The van der Waals surface area contributed by atoms with Crippen LogP contribution in [0.5, 0.6) is 0 Å². The predicted octanol–water partition coefficient (Wildman–Crippen LogP) is 6.69. The lowest BCUT2D eigenvalue weighted by atomic mass is 10.1. The topological polar surface area (TPSA) is 18.5 Å². The second kappa shape index (κ2) is 11.5. The molecule has 0 amide bonds. The van der Waals surface area contributed by atoms with Gasteiger partial charge in [-0.3, -0.25) is 0 Å². The highest BCUT2D eigenvalue weighted by molar-refractivity contribution is 8.76. The first-order chi connectivity index (χ1) is 10.5. The Labute approximate surface area is 154 Å². The van der Waals surface area contributed by atoms with Crippen molar-refractivity contribution in [2.45, 2.75) is 90.6 Å². The van der Waals surface area contributed by atoms with Crippen molar-refractivity contribution in [1.29, 1.82) is 0 Å². The summed E-state index contributed by atoms with van der Waals surface area (Å²) < 4.78 is 11.9. The lowest BCUT2D eigenvalue weighted by Gasteiger charge is -2.42. The Morgan fingerprint density at radius 2 is 1.52 bits per heavy atom. The first-order valence-electron chi connectivity index (χ1n) is 9.00. The minimum Gasteiger partial charge on any atom is -0.376 e. The monoisotopic (exact) mass is 380 g/mol. The molecule has 0 fully saturated rings. The molecular weight excluding hydrogens is 340 g/mol. The van der Waals surface area contributed by atoms with E-state index >= 15 is 0 Å². The Hall–Kier alpha value is 0.837. The molecule has 2 nitrogen and oxygen atoms in total. The van der Waals surface area contributed by atoms with Gasteiger partial charge in [-0.05, 0) is 31.2 Å². The molecule has 0 bridgehead atoms. The van der Waals surface area contributed by atoms with Crippen LogP contribution in [0.2, 0.25) is 24.7 Å². The van der Waals surface area contributed by atoms with Crippen molar-refractivity contribution in [1.82, 2.24) is 0 Å². The average Bonchev–Trinajstić information content (AvgIpc) is 2.38. The average molecular weight is 381 g/mol. The van der Waals surface area contributed by atoms with Crippen LogP contribution in [0.15, 0.2) is 0 Å². The van der Waals surface area contributed by atoms with E-state index in [0.717, 1.165) is 5.92 Å². The molecule has 140 valence electrons. The molecule has 0 N–H and O–H groups in total. The Bertz CT molecular complexity index is 302. The molecule has 0 radical (unpaired) electrons. The van der Waals surface area contributed by atoms with Gasteiger partial charge < -0.3 is 9.47 Å². The number of rotatable bonds is 13. The Balaban J connectivity index is 4.44. The van der Waals surface area contributed by atoms with Gasteiger partial charge in [0.15, 0.2) is 0 Å². The maximum absolute atomic E-state index is 6.26. The van der Waals surface area contributed by atoms with Crippen LogP contribution in [0.1, 0.15) is 54.4 Å². The molecule has 1 unspecified atom stereocenters. The molecule has 0 saturated carbocycles. The minimum atomic E-state index is -1.32. The Morgan fingerprint density at radius 1 is 0.957 bits per heavy atom. The van der Waals surface area contributed by atoms with Crippen LogP contribution in [-0.4, -0.2) is 38.6 Å². The number of hydrogen-bond donors (Lipinski definition) is 0. The van der Waals surface area contributed by atoms with Crippen molar-refractivity contribution in [3.63, 3.8) is 0 Å². The van der Waals surface area contributed by atoms with Crippen molar-refractivity contribution in [3.8, 4) is 0 Å². The van der Waals surface area contributed by atoms with Crippen LogP contribution in [-0.2, 0) is 9.47 Å².